The summed E-state index contributed by atoms with van der Waals surface area (Å²) in [5, 5.41) is 3.16. The molecule has 2 aromatic heterocycles. The van der Waals surface area contributed by atoms with Crippen LogP contribution in [0.15, 0.2) is 54.9 Å². The molecule has 0 saturated carbocycles. The van der Waals surface area contributed by atoms with E-state index in [4.69, 9.17) is 14.7 Å². The smallest absolute Gasteiger partial charge is 0.251 e. The number of piperidine rings is 3. The number of rotatable bonds is 9. The summed E-state index contributed by atoms with van der Waals surface area (Å²) in [6.45, 7) is 7.19. The molecule has 3 saturated heterocycles. The predicted octanol–water partition coefficient (Wildman–Crippen LogP) is 5.06. The summed E-state index contributed by atoms with van der Waals surface area (Å²) in [6, 6.07) is 13.9. The molecule has 0 aliphatic carbocycles. The Kier molecular flexibility index (Phi) is 7.79. The Morgan fingerprint density at radius 1 is 1.11 bits per heavy atom. The number of hydrogen-bond donors (Lipinski definition) is 1. The van der Waals surface area contributed by atoms with Crippen molar-refractivity contribution >= 4 is 5.91 Å². The minimum Gasteiger partial charge on any atom is -0.497 e. The van der Waals surface area contributed by atoms with E-state index in [1.165, 1.54) is 12.1 Å². The Bertz CT molecular complexity index is 1200. The van der Waals surface area contributed by atoms with Crippen LogP contribution in [0, 0.1) is 5.92 Å². The number of nitrogens with one attached hydrogen (secondary N) is 1. The fraction of sp³-hybridized carbons (Fsp3) is 0.467. The zero-order chi connectivity index (χ0) is 25.8. The predicted molar refractivity (Wildman–Crippen MR) is 145 cm³/mol. The molecule has 1 N–H and O–H groups in total. The molecule has 3 fully saturated rings. The van der Waals surface area contributed by atoms with Gasteiger partial charge < -0.3 is 10.1 Å². The quantitative estimate of drug-likeness (QED) is 0.443. The van der Waals surface area contributed by atoms with Gasteiger partial charge in [0.05, 0.1) is 7.11 Å². The summed E-state index contributed by atoms with van der Waals surface area (Å²) >= 11 is 0. The van der Waals surface area contributed by atoms with E-state index in [2.05, 4.69) is 35.1 Å². The molecule has 0 spiro atoms. The molecule has 1 amide bonds. The van der Waals surface area contributed by atoms with Gasteiger partial charge in [0.1, 0.15) is 5.75 Å². The average Bonchev–Trinajstić information content (AvgIpc) is 2.97. The number of pyridine rings is 1. The Labute approximate surface area is 219 Å². The first-order valence-corrected chi connectivity index (χ1v) is 13.5. The number of benzene rings is 1. The van der Waals surface area contributed by atoms with Crippen molar-refractivity contribution in [2.75, 3.05) is 26.7 Å². The highest BCUT2D eigenvalue weighted by Gasteiger charge is 2.41. The van der Waals surface area contributed by atoms with E-state index in [9.17, 15) is 4.79 Å². The topological polar surface area (TPSA) is 80.2 Å². The summed E-state index contributed by atoms with van der Waals surface area (Å²) in [7, 11) is 1.63. The zero-order valence-electron chi connectivity index (χ0n) is 22.1. The molecular formula is C30H37N5O2. The molecule has 1 aromatic carbocycles. The van der Waals surface area contributed by atoms with E-state index in [1.807, 2.05) is 36.4 Å². The number of carbonyl (C=O) groups is 1. The largest absolute Gasteiger partial charge is 0.497 e. The SMILES string of the molecule is CCC(CC)c1cc([C@H]2CN3CC[C@H]2C[C@@H]3CNC(=O)c2ccc(OC)cc2)nc(-c2ccncc2)n1. The number of fused-ring (bicyclic) bond motifs is 3. The van der Waals surface area contributed by atoms with E-state index in [-0.39, 0.29) is 5.91 Å². The molecule has 3 aliphatic rings. The van der Waals surface area contributed by atoms with Crippen molar-refractivity contribution in [3.05, 3.63) is 71.8 Å². The Balaban J connectivity index is 1.31. The molecule has 4 atom stereocenters. The number of amides is 1. The summed E-state index contributed by atoms with van der Waals surface area (Å²) in [5.74, 6) is 2.91. The standard InChI is InChI=1S/C30H37N5O2/c1-4-20(5-2)27-17-28(34-29(33-27)21-10-13-31-14-11-21)26-19-35-15-12-23(26)16-24(35)18-32-30(36)22-6-8-25(37-3)9-7-22/h6-11,13-14,17,20,23-24,26H,4-5,12,15-16,18-19H2,1-3H3,(H,32,36)/t23-,24+,26-/m0/s1. The van der Waals surface area contributed by atoms with Crippen molar-refractivity contribution in [3.63, 3.8) is 0 Å². The molecule has 2 bridgehead atoms. The van der Waals surface area contributed by atoms with E-state index < -0.39 is 0 Å². The zero-order valence-corrected chi connectivity index (χ0v) is 22.1. The highest BCUT2D eigenvalue weighted by Crippen LogP contribution is 2.42. The van der Waals surface area contributed by atoms with Crippen LogP contribution < -0.4 is 10.1 Å². The molecule has 1 unspecified atom stereocenters. The van der Waals surface area contributed by atoms with Crippen molar-refractivity contribution in [2.45, 2.75) is 57.4 Å². The second-order valence-electron chi connectivity index (χ2n) is 10.3. The van der Waals surface area contributed by atoms with Crippen LogP contribution in [0.3, 0.4) is 0 Å². The average molecular weight is 500 g/mol. The Hall–Kier alpha value is -3.32. The van der Waals surface area contributed by atoms with Crippen molar-refractivity contribution < 1.29 is 9.53 Å². The van der Waals surface area contributed by atoms with Crippen LogP contribution in [-0.4, -0.2) is 58.5 Å². The lowest BCUT2D eigenvalue weighted by Crippen LogP contribution is -2.56. The van der Waals surface area contributed by atoms with Gasteiger partial charge in [-0.15, -0.1) is 0 Å². The fourth-order valence-electron chi connectivity index (χ4n) is 5.96. The summed E-state index contributed by atoms with van der Waals surface area (Å²) < 4.78 is 5.20. The number of carbonyl (C=O) groups excluding carboxylic acids is 1. The molecule has 3 aliphatic heterocycles. The van der Waals surface area contributed by atoms with Gasteiger partial charge in [0.2, 0.25) is 0 Å². The number of aromatic nitrogens is 3. The molecule has 6 rings (SSSR count). The lowest BCUT2D eigenvalue weighted by molar-refractivity contribution is 0.0290. The van der Waals surface area contributed by atoms with Crippen LogP contribution in [0.25, 0.3) is 11.4 Å². The number of nitrogens with zero attached hydrogens (tertiary/aromatic N) is 4. The van der Waals surface area contributed by atoms with E-state index in [1.54, 1.807) is 19.5 Å². The minimum atomic E-state index is -0.0329. The summed E-state index contributed by atoms with van der Waals surface area (Å²) in [6.07, 6.45) is 7.99. The van der Waals surface area contributed by atoms with Gasteiger partial charge in [-0.1, -0.05) is 13.8 Å². The molecular weight excluding hydrogens is 462 g/mol. The Morgan fingerprint density at radius 2 is 1.86 bits per heavy atom. The van der Waals surface area contributed by atoms with Crippen molar-refractivity contribution in [2.24, 2.45) is 5.92 Å². The molecule has 194 valence electrons. The van der Waals surface area contributed by atoms with Gasteiger partial charge in [0.15, 0.2) is 5.82 Å². The highest BCUT2D eigenvalue weighted by atomic mass is 16.5. The van der Waals surface area contributed by atoms with Gasteiger partial charge in [-0.3, -0.25) is 14.7 Å². The minimum absolute atomic E-state index is 0.0329. The first kappa shape index (κ1) is 25.3. The lowest BCUT2D eigenvalue weighted by Gasteiger charge is -2.49. The monoisotopic (exact) mass is 499 g/mol. The molecule has 7 heteroatoms. The maximum atomic E-state index is 12.7. The number of ether oxygens (including phenoxy) is 1. The second-order valence-corrected chi connectivity index (χ2v) is 10.3. The number of hydrogen-bond acceptors (Lipinski definition) is 6. The summed E-state index contributed by atoms with van der Waals surface area (Å²) in [5.41, 5.74) is 4.00. The Morgan fingerprint density at radius 3 is 2.51 bits per heavy atom. The van der Waals surface area contributed by atoms with Crippen LogP contribution in [0.4, 0.5) is 0 Å². The fourth-order valence-corrected chi connectivity index (χ4v) is 5.96. The van der Waals surface area contributed by atoms with E-state index >= 15 is 0 Å². The van der Waals surface area contributed by atoms with Crippen LogP contribution in [0.1, 0.15) is 73.1 Å². The normalized spacial score (nSPS) is 22.7. The first-order chi connectivity index (χ1) is 18.1. The molecule has 7 nitrogen and oxygen atoms in total. The first-order valence-electron chi connectivity index (χ1n) is 13.5. The maximum absolute atomic E-state index is 12.7. The maximum Gasteiger partial charge on any atom is 0.251 e. The van der Waals surface area contributed by atoms with Crippen LogP contribution in [0.2, 0.25) is 0 Å². The summed E-state index contributed by atoms with van der Waals surface area (Å²) in [4.78, 5) is 29.5. The van der Waals surface area contributed by atoms with E-state index in [0.29, 0.717) is 35.9 Å². The van der Waals surface area contributed by atoms with Gasteiger partial charge in [0, 0.05) is 65.9 Å². The van der Waals surface area contributed by atoms with Gasteiger partial charge >= 0.3 is 0 Å². The third kappa shape index (κ3) is 5.52. The van der Waals surface area contributed by atoms with Gasteiger partial charge in [-0.05, 0) is 80.6 Å². The second kappa shape index (κ2) is 11.4. The van der Waals surface area contributed by atoms with Crippen molar-refractivity contribution in [3.8, 4) is 17.1 Å². The van der Waals surface area contributed by atoms with Crippen LogP contribution in [0.5, 0.6) is 5.75 Å². The van der Waals surface area contributed by atoms with Gasteiger partial charge in [0.25, 0.3) is 5.91 Å². The van der Waals surface area contributed by atoms with Crippen LogP contribution >= 0.6 is 0 Å². The van der Waals surface area contributed by atoms with E-state index in [0.717, 1.165) is 55.2 Å². The molecule has 37 heavy (non-hydrogen) atoms. The van der Waals surface area contributed by atoms with Crippen molar-refractivity contribution in [1.29, 1.82) is 0 Å². The third-order valence-electron chi connectivity index (χ3n) is 8.22. The van der Waals surface area contributed by atoms with Gasteiger partial charge in [-0.25, -0.2) is 9.97 Å². The molecule has 5 heterocycles. The third-order valence-corrected chi connectivity index (χ3v) is 8.22. The molecule has 0 radical (unpaired) electrons. The van der Waals surface area contributed by atoms with Crippen LogP contribution in [-0.2, 0) is 0 Å². The van der Waals surface area contributed by atoms with Crippen molar-refractivity contribution in [1.82, 2.24) is 25.2 Å². The molecule has 3 aromatic rings. The number of methoxy groups -OCH3 is 1. The highest BCUT2D eigenvalue weighted by molar-refractivity contribution is 5.94. The van der Waals surface area contributed by atoms with Gasteiger partial charge in [-0.2, -0.15) is 0 Å². The lowest BCUT2D eigenvalue weighted by atomic mass is 9.74.